The van der Waals surface area contributed by atoms with Crippen LogP contribution in [0.25, 0.3) is 0 Å². The molecule has 2 nitrogen and oxygen atoms in total. The maximum absolute atomic E-state index is 13.6. The highest BCUT2D eigenvalue weighted by Gasteiger charge is 2.17. The molecule has 1 fully saturated rings. The molecule has 1 saturated heterocycles. The second-order valence-corrected chi connectivity index (χ2v) is 4.86. The summed E-state index contributed by atoms with van der Waals surface area (Å²) in [4.78, 5) is 2.26. The number of hydrogen-bond acceptors (Lipinski definition) is 2. The fourth-order valence-electron chi connectivity index (χ4n) is 2.40. The van der Waals surface area contributed by atoms with Crippen LogP contribution in [-0.2, 0) is 6.54 Å². The number of rotatable bonds is 3. The van der Waals surface area contributed by atoms with Gasteiger partial charge < -0.3 is 5.32 Å². The molecule has 0 bridgehead atoms. The van der Waals surface area contributed by atoms with Gasteiger partial charge in [-0.1, -0.05) is 24.6 Å². The lowest BCUT2D eigenvalue weighted by atomic mass is 10.1. The third-order valence-corrected chi connectivity index (χ3v) is 3.52. The molecule has 1 atom stereocenters. The minimum atomic E-state index is -0.0964. The summed E-state index contributed by atoms with van der Waals surface area (Å²) in [5.74, 6) is -0.0964. The maximum atomic E-state index is 13.6. The Bertz CT molecular complexity index is 346. The van der Waals surface area contributed by atoms with E-state index in [-0.39, 0.29) is 5.82 Å². The van der Waals surface area contributed by atoms with E-state index in [9.17, 15) is 4.39 Å². The molecule has 0 radical (unpaired) electrons. The summed E-state index contributed by atoms with van der Waals surface area (Å²) in [6.07, 6.45) is 3.72. The predicted molar refractivity (Wildman–Crippen MR) is 68.4 cm³/mol. The van der Waals surface area contributed by atoms with Crippen LogP contribution >= 0.6 is 0 Å². The number of hydrogen-bond donors (Lipinski definition) is 1. The molecule has 1 N–H and O–H groups in total. The van der Waals surface area contributed by atoms with Crippen molar-refractivity contribution in [2.24, 2.45) is 0 Å². The number of likely N-dealkylation sites (N-methyl/N-ethyl adjacent to an activating group) is 1. The highest BCUT2D eigenvalue weighted by Crippen LogP contribution is 2.14. The fraction of sp³-hybridized carbons (Fsp3) is 0.571. The van der Waals surface area contributed by atoms with Crippen LogP contribution < -0.4 is 5.32 Å². The monoisotopic (exact) mass is 236 g/mol. The summed E-state index contributed by atoms with van der Waals surface area (Å²) in [6.45, 7) is 2.83. The minimum Gasteiger partial charge on any atom is -0.315 e. The van der Waals surface area contributed by atoms with Crippen molar-refractivity contribution in [3.05, 3.63) is 35.6 Å². The Morgan fingerprint density at radius 3 is 3.00 bits per heavy atom. The molecule has 1 aliphatic rings. The lowest BCUT2D eigenvalue weighted by Gasteiger charge is -2.27. The van der Waals surface area contributed by atoms with E-state index in [4.69, 9.17) is 0 Å². The van der Waals surface area contributed by atoms with E-state index >= 15 is 0 Å². The molecule has 3 heteroatoms. The number of benzene rings is 1. The van der Waals surface area contributed by atoms with Crippen LogP contribution in [0.4, 0.5) is 4.39 Å². The van der Waals surface area contributed by atoms with Crippen LogP contribution in [0.2, 0.25) is 0 Å². The largest absolute Gasteiger partial charge is 0.315 e. The Morgan fingerprint density at radius 1 is 1.35 bits per heavy atom. The Hall–Kier alpha value is -0.930. The first-order valence-electron chi connectivity index (χ1n) is 6.42. The van der Waals surface area contributed by atoms with Crippen LogP contribution in [0.15, 0.2) is 24.3 Å². The highest BCUT2D eigenvalue weighted by molar-refractivity contribution is 5.17. The second-order valence-electron chi connectivity index (χ2n) is 4.86. The van der Waals surface area contributed by atoms with Gasteiger partial charge in [-0.2, -0.15) is 0 Å². The van der Waals surface area contributed by atoms with Crippen molar-refractivity contribution >= 4 is 0 Å². The topological polar surface area (TPSA) is 15.3 Å². The van der Waals surface area contributed by atoms with Gasteiger partial charge in [0.25, 0.3) is 0 Å². The molecular weight excluding hydrogens is 215 g/mol. The van der Waals surface area contributed by atoms with Gasteiger partial charge in [-0.25, -0.2) is 4.39 Å². The molecule has 0 aliphatic carbocycles. The smallest absolute Gasteiger partial charge is 0.127 e. The lowest BCUT2D eigenvalue weighted by molar-refractivity contribution is 0.220. The Kier molecular flexibility index (Phi) is 4.51. The van der Waals surface area contributed by atoms with E-state index in [2.05, 4.69) is 17.3 Å². The van der Waals surface area contributed by atoms with Gasteiger partial charge in [0.2, 0.25) is 0 Å². The van der Waals surface area contributed by atoms with E-state index in [0.29, 0.717) is 12.6 Å². The molecule has 1 aromatic carbocycles. The molecule has 1 aliphatic heterocycles. The summed E-state index contributed by atoms with van der Waals surface area (Å²) >= 11 is 0. The summed E-state index contributed by atoms with van der Waals surface area (Å²) in [6, 6.07) is 7.57. The summed E-state index contributed by atoms with van der Waals surface area (Å²) in [5, 5.41) is 3.44. The van der Waals surface area contributed by atoms with Gasteiger partial charge in [0.05, 0.1) is 0 Å². The molecule has 0 amide bonds. The third kappa shape index (κ3) is 3.51. The standard InChI is InChI=1S/C14H21FN2/c1-17(13-7-4-5-9-16-10-13)11-12-6-2-3-8-14(12)15/h2-3,6,8,13,16H,4-5,7,9-11H2,1H3. The normalized spacial score (nSPS) is 21.5. The molecule has 0 spiro atoms. The van der Waals surface area contributed by atoms with Crippen molar-refractivity contribution in [2.45, 2.75) is 31.8 Å². The zero-order chi connectivity index (χ0) is 12.1. The van der Waals surface area contributed by atoms with Crippen LogP contribution in [-0.4, -0.2) is 31.1 Å². The molecule has 0 aromatic heterocycles. The first-order chi connectivity index (χ1) is 8.27. The Morgan fingerprint density at radius 2 is 2.18 bits per heavy atom. The highest BCUT2D eigenvalue weighted by atomic mass is 19.1. The number of halogens is 1. The van der Waals surface area contributed by atoms with Gasteiger partial charge in [0.1, 0.15) is 5.82 Å². The summed E-state index contributed by atoms with van der Waals surface area (Å²) < 4.78 is 13.6. The molecular formula is C14H21FN2. The minimum absolute atomic E-state index is 0.0964. The van der Waals surface area contributed by atoms with E-state index in [1.54, 1.807) is 6.07 Å². The predicted octanol–water partition coefficient (Wildman–Crippen LogP) is 2.40. The Labute approximate surface area is 103 Å². The average molecular weight is 236 g/mol. The van der Waals surface area contributed by atoms with Crippen LogP contribution in [0, 0.1) is 5.82 Å². The quantitative estimate of drug-likeness (QED) is 0.867. The molecule has 0 saturated carbocycles. The van der Waals surface area contributed by atoms with Gasteiger partial charge in [0, 0.05) is 24.7 Å². The second kappa shape index (κ2) is 6.12. The van der Waals surface area contributed by atoms with Crippen LogP contribution in [0.5, 0.6) is 0 Å². The van der Waals surface area contributed by atoms with E-state index in [1.807, 2.05) is 12.1 Å². The summed E-state index contributed by atoms with van der Waals surface area (Å²) in [7, 11) is 2.09. The average Bonchev–Trinajstić information content (AvgIpc) is 2.61. The SMILES string of the molecule is CN(Cc1ccccc1F)C1CCCCNC1. The van der Waals surface area contributed by atoms with E-state index < -0.39 is 0 Å². The van der Waals surface area contributed by atoms with Crippen LogP contribution in [0.3, 0.4) is 0 Å². The van der Waals surface area contributed by atoms with E-state index in [1.165, 1.54) is 25.3 Å². The van der Waals surface area contributed by atoms with Crippen LogP contribution in [0.1, 0.15) is 24.8 Å². The maximum Gasteiger partial charge on any atom is 0.127 e. The molecule has 2 rings (SSSR count). The Balaban J connectivity index is 1.95. The van der Waals surface area contributed by atoms with Crippen molar-refractivity contribution < 1.29 is 4.39 Å². The third-order valence-electron chi connectivity index (χ3n) is 3.52. The van der Waals surface area contributed by atoms with Crippen molar-refractivity contribution in [1.82, 2.24) is 10.2 Å². The first kappa shape index (κ1) is 12.5. The van der Waals surface area contributed by atoms with Crippen molar-refractivity contribution in [3.63, 3.8) is 0 Å². The summed E-state index contributed by atoms with van der Waals surface area (Å²) in [5.41, 5.74) is 0.791. The lowest BCUT2D eigenvalue weighted by Crippen LogP contribution is -2.38. The number of nitrogens with zero attached hydrogens (tertiary/aromatic N) is 1. The molecule has 94 valence electrons. The van der Waals surface area contributed by atoms with Gasteiger partial charge in [0.15, 0.2) is 0 Å². The molecule has 1 unspecified atom stereocenters. The van der Waals surface area contributed by atoms with Gasteiger partial charge in [-0.05, 0) is 32.5 Å². The van der Waals surface area contributed by atoms with Crippen molar-refractivity contribution in [3.8, 4) is 0 Å². The van der Waals surface area contributed by atoms with Crippen molar-refractivity contribution in [1.29, 1.82) is 0 Å². The first-order valence-corrected chi connectivity index (χ1v) is 6.42. The van der Waals surface area contributed by atoms with Gasteiger partial charge >= 0.3 is 0 Å². The molecule has 17 heavy (non-hydrogen) atoms. The zero-order valence-corrected chi connectivity index (χ0v) is 10.5. The van der Waals surface area contributed by atoms with E-state index in [0.717, 1.165) is 18.7 Å². The number of nitrogens with one attached hydrogen (secondary N) is 1. The van der Waals surface area contributed by atoms with Gasteiger partial charge in [-0.3, -0.25) is 4.90 Å². The molecule has 1 heterocycles. The molecule has 1 aromatic rings. The fourth-order valence-corrected chi connectivity index (χ4v) is 2.40. The van der Waals surface area contributed by atoms with Gasteiger partial charge in [-0.15, -0.1) is 0 Å². The van der Waals surface area contributed by atoms with Crippen molar-refractivity contribution in [2.75, 3.05) is 20.1 Å². The zero-order valence-electron chi connectivity index (χ0n) is 10.5.